The van der Waals surface area contributed by atoms with Gasteiger partial charge in [-0.05, 0) is 24.3 Å². The molecular formula is C19H23N3O2S. The molecular weight excluding hydrogens is 334 g/mol. The van der Waals surface area contributed by atoms with Crippen LogP contribution in [0.2, 0.25) is 0 Å². The first kappa shape index (κ1) is 17.5. The van der Waals surface area contributed by atoms with Gasteiger partial charge in [-0.2, -0.15) is 0 Å². The molecule has 1 aliphatic heterocycles. The molecule has 1 unspecified atom stereocenters. The molecule has 0 saturated heterocycles. The molecule has 0 bridgehead atoms. The van der Waals surface area contributed by atoms with Crippen molar-refractivity contribution in [1.29, 1.82) is 0 Å². The van der Waals surface area contributed by atoms with Crippen molar-refractivity contribution in [3.05, 3.63) is 48.5 Å². The molecule has 0 spiro atoms. The molecule has 25 heavy (non-hydrogen) atoms. The molecule has 0 aromatic heterocycles. The highest BCUT2D eigenvalue weighted by atomic mass is 32.2. The number of benzene rings is 2. The first-order valence-electron chi connectivity index (χ1n) is 8.39. The third kappa shape index (κ3) is 5.32. The van der Waals surface area contributed by atoms with Crippen LogP contribution in [-0.2, 0) is 0 Å². The highest BCUT2D eigenvalue weighted by Crippen LogP contribution is 2.32. The Morgan fingerprint density at radius 2 is 1.92 bits per heavy atom. The summed E-state index contributed by atoms with van der Waals surface area (Å²) in [6, 6.07) is 16.0. The molecule has 1 aliphatic rings. The maximum atomic E-state index is 6.01. The lowest BCUT2D eigenvalue weighted by Gasteiger charge is -2.12. The molecule has 0 fully saturated rings. The quantitative estimate of drug-likeness (QED) is 0.484. The number of nitrogens with two attached hydrogens (primary N) is 1. The monoisotopic (exact) mass is 357 g/mol. The van der Waals surface area contributed by atoms with Gasteiger partial charge >= 0.3 is 0 Å². The number of hydrogen-bond acceptors (Lipinski definition) is 4. The lowest BCUT2D eigenvalue weighted by atomic mass is 10.3. The standard InChI is InChI=1S/C19H23N3O2S/c1-14(25-16-6-3-2-4-7-16)13-21-19(20)22-15-8-9-17-18(12-15)24-11-5-10-23-17/h2-4,6-9,12,14H,5,10-11,13H2,1H3,(H3,20,21,22). The van der Waals surface area contributed by atoms with E-state index < -0.39 is 0 Å². The van der Waals surface area contributed by atoms with Gasteiger partial charge in [0.25, 0.3) is 0 Å². The summed E-state index contributed by atoms with van der Waals surface area (Å²) in [5.41, 5.74) is 6.85. The van der Waals surface area contributed by atoms with Crippen molar-refractivity contribution in [2.24, 2.45) is 10.7 Å². The zero-order valence-electron chi connectivity index (χ0n) is 14.3. The summed E-state index contributed by atoms with van der Waals surface area (Å²) in [7, 11) is 0. The van der Waals surface area contributed by atoms with Gasteiger partial charge in [-0.25, -0.2) is 0 Å². The van der Waals surface area contributed by atoms with E-state index >= 15 is 0 Å². The highest BCUT2D eigenvalue weighted by molar-refractivity contribution is 8.00. The molecule has 2 aromatic rings. The molecule has 0 amide bonds. The topological polar surface area (TPSA) is 68.9 Å². The van der Waals surface area contributed by atoms with Gasteiger partial charge in [0.1, 0.15) is 0 Å². The second-order valence-electron chi connectivity index (χ2n) is 5.80. The molecule has 1 atom stereocenters. The predicted octanol–water partition coefficient (Wildman–Crippen LogP) is 3.76. The van der Waals surface area contributed by atoms with E-state index in [1.165, 1.54) is 4.90 Å². The summed E-state index contributed by atoms with van der Waals surface area (Å²) in [6.45, 7) is 4.12. The van der Waals surface area contributed by atoms with Crippen LogP contribution < -0.4 is 20.5 Å². The van der Waals surface area contributed by atoms with Crippen molar-refractivity contribution in [3.63, 3.8) is 0 Å². The fourth-order valence-corrected chi connectivity index (χ4v) is 3.35. The van der Waals surface area contributed by atoms with Gasteiger partial charge in [-0.1, -0.05) is 25.1 Å². The van der Waals surface area contributed by atoms with Crippen LogP contribution in [0.25, 0.3) is 0 Å². The van der Waals surface area contributed by atoms with E-state index in [0.29, 0.717) is 31.0 Å². The van der Waals surface area contributed by atoms with Crippen LogP contribution in [0.3, 0.4) is 0 Å². The number of fused-ring (bicyclic) bond motifs is 1. The van der Waals surface area contributed by atoms with Gasteiger partial charge in [-0.15, -0.1) is 11.8 Å². The van der Waals surface area contributed by atoms with Gasteiger partial charge in [0, 0.05) is 28.3 Å². The Morgan fingerprint density at radius 1 is 1.16 bits per heavy atom. The van der Waals surface area contributed by atoms with E-state index in [1.807, 2.05) is 36.4 Å². The Bertz CT molecular complexity index is 722. The number of rotatable bonds is 5. The van der Waals surface area contributed by atoms with E-state index in [-0.39, 0.29) is 0 Å². The Kier molecular flexibility index (Phi) is 6.06. The van der Waals surface area contributed by atoms with E-state index in [9.17, 15) is 0 Å². The molecule has 2 aromatic carbocycles. The van der Waals surface area contributed by atoms with Gasteiger partial charge in [0.2, 0.25) is 0 Å². The predicted molar refractivity (Wildman–Crippen MR) is 104 cm³/mol. The average Bonchev–Trinajstić information content (AvgIpc) is 2.86. The first-order chi connectivity index (χ1) is 12.2. The van der Waals surface area contributed by atoms with Crippen molar-refractivity contribution in [2.75, 3.05) is 25.1 Å². The number of anilines is 1. The number of ether oxygens (including phenoxy) is 2. The van der Waals surface area contributed by atoms with Crippen molar-refractivity contribution in [3.8, 4) is 11.5 Å². The van der Waals surface area contributed by atoms with Crippen LogP contribution in [0.5, 0.6) is 11.5 Å². The van der Waals surface area contributed by atoms with Gasteiger partial charge in [-0.3, -0.25) is 4.99 Å². The number of aliphatic imine (C=N–C) groups is 1. The Hall–Kier alpha value is -2.34. The molecule has 3 N–H and O–H groups in total. The summed E-state index contributed by atoms with van der Waals surface area (Å²) in [5.74, 6) is 1.91. The van der Waals surface area contributed by atoms with E-state index in [2.05, 4.69) is 29.4 Å². The molecule has 3 rings (SSSR count). The van der Waals surface area contributed by atoms with Crippen LogP contribution in [0, 0.1) is 0 Å². The summed E-state index contributed by atoms with van der Waals surface area (Å²) in [6.07, 6.45) is 0.887. The maximum absolute atomic E-state index is 6.01. The first-order valence-corrected chi connectivity index (χ1v) is 9.27. The van der Waals surface area contributed by atoms with Crippen LogP contribution in [0.1, 0.15) is 13.3 Å². The van der Waals surface area contributed by atoms with Crippen LogP contribution >= 0.6 is 11.8 Å². The number of guanidine groups is 1. The smallest absolute Gasteiger partial charge is 0.193 e. The van der Waals surface area contributed by atoms with Gasteiger partial charge in [0.15, 0.2) is 17.5 Å². The van der Waals surface area contributed by atoms with Crippen molar-refractivity contribution < 1.29 is 9.47 Å². The number of nitrogens with zero attached hydrogens (tertiary/aromatic N) is 1. The summed E-state index contributed by atoms with van der Waals surface area (Å²) in [4.78, 5) is 5.67. The lowest BCUT2D eigenvalue weighted by molar-refractivity contribution is 0.297. The molecule has 1 heterocycles. The van der Waals surface area contributed by atoms with Gasteiger partial charge < -0.3 is 20.5 Å². The Labute approximate surface area is 152 Å². The molecule has 132 valence electrons. The van der Waals surface area contributed by atoms with Crippen molar-refractivity contribution >= 4 is 23.4 Å². The zero-order chi connectivity index (χ0) is 17.5. The zero-order valence-corrected chi connectivity index (χ0v) is 15.1. The van der Waals surface area contributed by atoms with Crippen molar-refractivity contribution in [2.45, 2.75) is 23.5 Å². The van der Waals surface area contributed by atoms with Crippen molar-refractivity contribution in [1.82, 2.24) is 0 Å². The minimum atomic E-state index is 0.339. The summed E-state index contributed by atoms with van der Waals surface area (Å²) >= 11 is 1.79. The second kappa shape index (κ2) is 8.67. The summed E-state index contributed by atoms with van der Waals surface area (Å²) < 4.78 is 11.3. The highest BCUT2D eigenvalue weighted by Gasteiger charge is 2.11. The average molecular weight is 357 g/mol. The largest absolute Gasteiger partial charge is 0.490 e. The van der Waals surface area contributed by atoms with Crippen LogP contribution in [0.15, 0.2) is 58.4 Å². The minimum Gasteiger partial charge on any atom is -0.490 e. The van der Waals surface area contributed by atoms with E-state index in [1.54, 1.807) is 11.8 Å². The fraction of sp³-hybridized carbons (Fsp3) is 0.316. The number of hydrogen-bond donors (Lipinski definition) is 2. The molecule has 0 saturated carbocycles. The lowest BCUT2D eigenvalue weighted by Crippen LogP contribution is -2.23. The third-order valence-corrected chi connectivity index (χ3v) is 4.71. The minimum absolute atomic E-state index is 0.339. The Morgan fingerprint density at radius 3 is 2.72 bits per heavy atom. The Balaban J connectivity index is 1.55. The summed E-state index contributed by atoms with van der Waals surface area (Å²) in [5, 5.41) is 3.45. The fourth-order valence-electron chi connectivity index (χ4n) is 2.42. The number of thioether (sulfide) groups is 1. The SMILES string of the molecule is CC(CN=C(N)Nc1ccc2c(c1)OCCCO2)Sc1ccccc1. The van der Waals surface area contributed by atoms with E-state index in [0.717, 1.165) is 23.6 Å². The molecule has 0 radical (unpaired) electrons. The van der Waals surface area contributed by atoms with Gasteiger partial charge in [0.05, 0.1) is 19.8 Å². The second-order valence-corrected chi connectivity index (χ2v) is 7.32. The molecule has 0 aliphatic carbocycles. The molecule has 5 nitrogen and oxygen atoms in total. The van der Waals surface area contributed by atoms with E-state index in [4.69, 9.17) is 15.2 Å². The maximum Gasteiger partial charge on any atom is 0.193 e. The number of nitrogens with one attached hydrogen (secondary N) is 1. The normalized spacial score (nSPS) is 15.3. The van der Waals surface area contributed by atoms with Crippen LogP contribution in [0.4, 0.5) is 5.69 Å². The third-order valence-electron chi connectivity index (χ3n) is 3.62. The van der Waals surface area contributed by atoms with Crippen LogP contribution in [-0.4, -0.2) is 31.0 Å². The molecule has 6 heteroatoms.